The predicted octanol–water partition coefficient (Wildman–Crippen LogP) is 3.92. The van der Waals surface area contributed by atoms with Crippen molar-refractivity contribution in [3.63, 3.8) is 0 Å². The van der Waals surface area contributed by atoms with E-state index >= 15 is 0 Å². The molecule has 0 bridgehead atoms. The topological polar surface area (TPSA) is 26.3 Å². The van der Waals surface area contributed by atoms with Gasteiger partial charge in [0, 0.05) is 0 Å². The van der Waals surface area contributed by atoms with E-state index in [0.717, 1.165) is 25.9 Å². The van der Waals surface area contributed by atoms with E-state index < -0.39 is 6.51 Å². The van der Waals surface area contributed by atoms with E-state index in [1.165, 1.54) is 19.3 Å². The van der Waals surface area contributed by atoms with Gasteiger partial charge in [0.05, 0.1) is 0 Å². The van der Waals surface area contributed by atoms with Crippen molar-refractivity contribution in [2.24, 2.45) is 0 Å². The number of hydrogen-bond donors (Lipinski definition) is 0. The van der Waals surface area contributed by atoms with Crippen molar-refractivity contribution in [3.05, 3.63) is 0 Å². The molecule has 10 rings (SSSR count). The van der Waals surface area contributed by atoms with Crippen LogP contribution in [-0.4, -0.2) is 18.5 Å². The summed E-state index contributed by atoms with van der Waals surface area (Å²) < 4.78 is 6.83. The summed E-state index contributed by atoms with van der Waals surface area (Å²) in [5.74, 6) is 0.652. The van der Waals surface area contributed by atoms with Crippen LogP contribution in [0.5, 0.6) is 0 Å². The van der Waals surface area contributed by atoms with Gasteiger partial charge in [-0.3, -0.25) is 0 Å². The number of alkyl halides is 1. The minimum atomic E-state index is -3.41. The second-order valence-electron chi connectivity index (χ2n) is 10.9. The van der Waals surface area contributed by atoms with E-state index in [-0.39, 0.29) is 0 Å². The zero-order valence-corrected chi connectivity index (χ0v) is 11.9. The molecule has 0 amide bonds. The third kappa shape index (κ3) is 0.0695. The first-order valence-electron chi connectivity index (χ1n) is 7.29. The monoisotopic (exact) mass is 306 g/mol. The van der Waals surface area contributed by atoms with Crippen molar-refractivity contribution in [3.8, 4) is 0 Å². The Morgan fingerprint density at radius 1 is 1.17 bits per heavy atom. The molecule has 0 aromatic rings. The second kappa shape index (κ2) is 0.616. The van der Waals surface area contributed by atoms with Crippen LogP contribution >= 0.6 is 11.6 Å². The summed E-state index contributed by atoms with van der Waals surface area (Å²) in [6.45, 7) is -0.476. The molecule has 8 atom stereocenters. The molecule has 1 spiro atoms. The molecule has 0 aliphatic carbocycles. The average molecular weight is 307 g/mol. The number of carbonyl (C=O) groups is 1. The van der Waals surface area contributed by atoms with Gasteiger partial charge in [0.15, 0.2) is 0 Å². The van der Waals surface area contributed by atoms with E-state index in [9.17, 15) is 4.79 Å². The number of hydrogen-bond acceptors (Lipinski definition) is 2. The Hall–Kier alpha value is 0.439. The Bertz CT molecular complexity index is 1050. The van der Waals surface area contributed by atoms with Crippen LogP contribution in [0, 0.1) is 0 Å². The molecule has 2 nitrogen and oxygen atoms in total. The Morgan fingerprint density at radius 3 is 2.06 bits per heavy atom. The molecule has 10 fully saturated rings. The summed E-state index contributed by atoms with van der Waals surface area (Å²) in [5, 5.41) is 0. The number of rotatable bonds is 4. The summed E-state index contributed by atoms with van der Waals surface area (Å²) in [6.07, 6.45) is 0. The fraction of sp³-hybridized carbons (Fsp3) is 0.929. The van der Waals surface area contributed by atoms with Crippen LogP contribution in [-0.2, 0) is 16.0 Å². The molecule has 8 unspecified atom stereocenters. The molecular weight excluding hydrogens is 291 g/mol. The standard InChI is InChI=1S/C7H8ClO.C7H7O.Fe/c8-6-9-5-7-3-1-2-4-7;1-6(8)7-4-2-3-5-7;/h1-4H,5-6H2;2-5H,1H3;. The quantitative estimate of drug-likeness (QED) is 0.581. The SMILES string of the molecule is CC(=O)[C]12[CH]3[CH]4[CH]5[CH]1[Fe]45321678[CH]2[CH]1[CH]6[C]7(COCCl)[CH]28. The predicted molar refractivity (Wildman–Crippen MR) is 62.7 cm³/mol. The Kier molecular flexibility index (Phi) is 0.255. The van der Waals surface area contributed by atoms with Crippen LogP contribution in [0.4, 0.5) is 0 Å². The van der Waals surface area contributed by atoms with Gasteiger partial charge in [0.25, 0.3) is 0 Å². The van der Waals surface area contributed by atoms with Crippen LogP contribution in [0.2, 0.25) is 47.2 Å². The number of ether oxygens (including phenoxy) is 1. The maximum absolute atomic E-state index is 12.6. The minimum absolute atomic E-state index is 0.362. The van der Waals surface area contributed by atoms with Crippen molar-refractivity contribution >= 4 is 17.4 Å². The van der Waals surface area contributed by atoms with Gasteiger partial charge in [-0.1, -0.05) is 0 Å². The fourth-order valence-electron chi connectivity index (χ4n) is 18.6. The molecule has 10 aliphatic rings. The van der Waals surface area contributed by atoms with E-state index in [1.54, 1.807) is 0 Å². The van der Waals surface area contributed by atoms with E-state index in [1.807, 2.05) is 6.92 Å². The molecule has 10 aliphatic heterocycles. The van der Waals surface area contributed by atoms with Crippen molar-refractivity contribution in [1.29, 1.82) is 0 Å². The molecule has 98 valence electrons. The Balaban J connectivity index is 1.56. The molecule has 0 N–H and O–H groups in total. The van der Waals surface area contributed by atoms with Gasteiger partial charge in [-0.15, -0.1) is 0 Å². The van der Waals surface area contributed by atoms with Crippen LogP contribution < -0.4 is 0 Å². The second-order valence-corrected chi connectivity index (χ2v) is 34.5. The van der Waals surface area contributed by atoms with Gasteiger partial charge in [-0.25, -0.2) is 0 Å². The molecule has 0 aromatic carbocycles. The normalized spacial score (nSPS) is 117. The van der Waals surface area contributed by atoms with Crippen molar-refractivity contribution in [2.75, 3.05) is 12.7 Å². The summed E-state index contributed by atoms with van der Waals surface area (Å²) in [6, 6.07) is 0.362. The molecule has 4 heteroatoms. The van der Waals surface area contributed by atoms with Gasteiger partial charge in [-0.2, -0.15) is 0 Å². The van der Waals surface area contributed by atoms with Gasteiger partial charge < -0.3 is 0 Å². The molecule has 10 heterocycles. The summed E-state index contributed by atoms with van der Waals surface area (Å²) in [5.41, 5.74) is 0. The van der Waals surface area contributed by atoms with E-state index in [4.69, 9.17) is 16.3 Å². The van der Waals surface area contributed by atoms with Gasteiger partial charge in [0.1, 0.15) is 0 Å². The molecule has 10 saturated heterocycles. The van der Waals surface area contributed by atoms with Gasteiger partial charge in [0.2, 0.25) is 0 Å². The van der Waals surface area contributed by atoms with Gasteiger partial charge in [-0.05, 0) is 0 Å². The number of ketones is 1. The van der Waals surface area contributed by atoms with Crippen molar-refractivity contribution in [1.82, 2.24) is 0 Å². The van der Waals surface area contributed by atoms with Crippen molar-refractivity contribution < 1.29 is 16.0 Å². The van der Waals surface area contributed by atoms with Crippen LogP contribution in [0.15, 0.2) is 0 Å². The first kappa shape index (κ1) is 7.45. The summed E-state index contributed by atoms with van der Waals surface area (Å²) in [4.78, 5) is 21.6. The molecule has 0 radical (unpaired) electrons. The zero-order chi connectivity index (χ0) is 11.6. The maximum atomic E-state index is 12.6. The molecular formula is C14H15ClFeO2. The Morgan fingerprint density at radius 2 is 1.72 bits per heavy atom. The van der Waals surface area contributed by atoms with E-state index in [2.05, 4.69) is 0 Å². The van der Waals surface area contributed by atoms with Crippen LogP contribution in [0.3, 0.4) is 0 Å². The molecule has 0 aromatic heterocycles. The first-order valence-corrected chi connectivity index (χ1v) is 14.0. The summed E-state index contributed by atoms with van der Waals surface area (Å²) in [7, 11) is 0. The van der Waals surface area contributed by atoms with Gasteiger partial charge >= 0.3 is 100 Å². The third-order valence-corrected chi connectivity index (χ3v) is 59.6. The average Bonchev–Trinajstić information content (AvgIpc) is 3.28. The summed E-state index contributed by atoms with van der Waals surface area (Å²) >= 11 is 5.80. The third-order valence-electron chi connectivity index (χ3n) is 16.0. The first-order chi connectivity index (χ1) is 8.44. The van der Waals surface area contributed by atoms with Crippen LogP contribution in [0.25, 0.3) is 0 Å². The Labute approximate surface area is 100 Å². The van der Waals surface area contributed by atoms with E-state index in [0.29, 0.717) is 20.5 Å². The fourth-order valence-corrected chi connectivity index (χ4v) is 95.5. The molecule has 18 heavy (non-hydrogen) atoms. The molecule has 0 saturated carbocycles. The van der Waals surface area contributed by atoms with Crippen molar-refractivity contribution in [2.45, 2.75) is 54.1 Å². The number of halogens is 1. The number of Topliss-reactive ketones (excluding diaryl/α,β-unsaturated/α-hetero) is 1. The zero-order valence-electron chi connectivity index (χ0n) is 10.1. The number of carbonyl (C=O) groups excluding carboxylic acids is 1. The van der Waals surface area contributed by atoms with Crippen LogP contribution in [0.1, 0.15) is 6.92 Å². The number of fused-ring (bicyclic) bond motifs is 10.